The molecule has 0 radical (unpaired) electrons. The zero-order chi connectivity index (χ0) is 23.5. The van der Waals surface area contributed by atoms with Gasteiger partial charge in [0.05, 0.1) is 13.2 Å². The van der Waals surface area contributed by atoms with Gasteiger partial charge in [0.2, 0.25) is 11.1 Å². The van der Waals surface area contributed by atoms with E-state index < -0.39 is 5.25 Å². The van der Waals surface area contributed by atoms with Gasteiger partial charge in [0.15, 0.2) is 5.82 Å². The predicted octanol–water partition coefficient (Wildman–Crippen LogP) is 4.91. The number of fused-ring (bicyclic) bond motifs is 1. The fourth-order valence-corrected chi connectivity index (χ4v) is 5.12. The minimum Gasteiger partial charge on any atom is -0.497 e. The van der Waals surface area contributed by atoms with E-state index >= 15 is 0 Å². The number of carbonyl (C=O) groups is 1. The molecule has 172 valence electrons. The lowest BCUT2D eigenvalue weighted by Gasteiger charge is -2.33. The molecule has 0 fully saturated rings. The average molecular weight is 472 g/mol. The number of aryl methyl sites for hydroxylation is 1. The molecule has 7 nitrogen and oxygen atoms in total. The monoisotopic (exact) mass is 471 g/mol. The average Bonchev–Trinajstić information content (AvgIpc) is 3.32. The fourth-order valence-electron chi connectivity index (χ4n) is 4.05. The van der Waals surface area contributed by atoms with Gasteiger partial charge in [0.25, 0.3) is 0 Å². The summed E-state index contributed by atoms with van der Waals surface area (Å²) in [6.45, 7) is 2.08. The molecule has 34 heavy (non-hydrogen) atoms. The summed E-state index contributed by atoms with van der Waals surface area (Å²) in [6, 6.07) is 25.2. The molecule has 0 saturated carbocycles. The number of aromatic nitrogens is 3. The van der Waals surface area contributed by atoms with Crippen LogP contribution >= 0.6 is 11.8 Å². The lowest BCUT2D eigenvalue weighted by atomic mass is 10.0. The summed E-state index contributed by atoms with van der Waals surface area (Å²) in [5.74, 6) is 1.38. The highest BCUT2D eigenvalue weighted by Crippen LogP contribution is 2.39. The van der Waals surface area contributed by atoms with Gasteiger partial charge in [-0.15, -0.1) is 10.2 Å². The number of para-hydroxylation sites is 1. The lowest BCUT2D eigenvalue weighted by Crippen LogP contribution is -2.41. The maximum Gasteiger partial charge on any atom is 0.240 e. The van der Waals surface area contributed by atoms with Crippen molar-refractivity contribution in [3.8, 4) is 17.1 Å². The number of rotatable bonds is 6. The van der Waals surface area contributed by atoms with Crippen molar-refractivity contribution in [1.29, 1.82) is 0 Å². The van der Waals surface area contributed by atoms with Gasteiger partial charge in [-0.3, -0.25) is 4.79 Å². The van der Waals surface area contributed by atoms with Crippen molar-refractivity contribution < 1.29 is 9.53 Å². The summed E-state index contributed by atoms with van der Waals surface area (Å²) in [7, 11) is 1.64. The molecule has 0 spiro atoms. The second-order valence-corrected chi connectivity index (χ2v) is 9.03. The molecule has 1 aliphatic rings. The van der Waals surface area contributed by atoms with E-state index in [-0.39, 0.29) is 11.9 Å². The summed E-state index contributed by atoms with van der Waals surface area (Å²) in [6.07, 6.45) is 0.836. The quantitative estimate of drug-likeness (QED) is 0.416. The van der Waals surface area contributed by atoms with Crippen molar-refractivity contribution in [2.45, 2.75) is 29.8 Å². The van der Waals surface area contributed by atoms with Gasteiger partial charge in [0, 0.05) is 11.3 Å². The van der Waals surface area contributed by atoms with Crippen LogP contribution in [0.4, 0.5) is 5.69 Å². The van der Waals surface area contributed by atoms with E-state index in [1.54, 1.807) is 7.11 Å². The van der Waals surface area contributed by atoms with Gasteiger partial charge in [-0.1, -0.05) is 79.3 Å². The van der Waals surface area contributed by atoms with Crippen molar-refractivity contribution in [2.75, 3.05) is 17.9 Å². The highest BCUT2D eigenvalue weighted by molar-refractivity contribution is 8.00. The van der Waals surface area contributed by atoms with Gasteiger partial charge < -0.3 is 15.5 Å². The Morgan fingerprint density at radius 1 is 1.03 bits per heavy atom. The molecule has 8 heteroatoms. The molecule has 0 saturated heterocycles. The number of carbonyl (C=O) groups excluding carboxylic acids is 1. The van der Waals surface area contributed by atoms with E-state index in [9.17, 15) is 4.79 Å². The molecule has 1 amide bonds. The third-order valence-electron chi connectivity index (χ3n) is 5.86. The highest BCUT2D eigenvalue weighted by atomic mass is 32.2. The van der Waals surface area contributed by atoms with E-state index in [1.807, 2.05) is 83.5 Å². The molecule has 0 aliphatic carbocycles. The predicted molar refractivity (Wildman–Crippen MR) is 135 cm³/mol. The first kappa shape index (κ1) is 22.0. The fraction of sp³-hybridized carbons (Fsp3) is 0.192. The maximum absolute atomic E-state index is 13.6. The number of methoxy groups -OCH3 is 1. The normalized spacial score (nSPS) is 16.9. The van der Waals surface area contributed by atoms with Gasteiger partial charge in [-0.2, -0.15) is 0 Å². The third-order valence-corrected chi connectivity index (χ3v) is 7.07. The number of hydrogen-bond acceptors (Lipinski definition) is 6. The Balaban J connectivity index is 1.51. The van der Waals surface area contributed by atoms with Crippen LogP contribution in [0.25, 0.3) is 11.4 Å². The first-order valence-electron chi connectivity index (χ1n) is 11.1. The van der Waals surface area contributed by atoms with Crippen LogP contribution in [0.3, 0.4) is 0 Å². The standard InChI is InChI=1S/C26H25N5O2S/c1-3-17-9-7-8-12-21(17)27-25(32)23-22(18-13-15-20(33-2)16-14-18)30-31-24(28-29-26(31)34-23)19-10-5-4-6-11-19/h4-16,22-23,30H,3H2,1-2H3,(H,27,32)/t22-,23+/m0/s1. The summed E-state index contributed by atoms with van der Waals surface area (Å²) in [4.78, 5) is 13.6. The number of hydrogen-bond donors (Lipinski definition) is 2. The summed E-state index contributed by atoms with van der Waals surface area (Å²) >= 11 is 1.41. The Morgan fingerprint density at radius 2 is 1.76 bits per heavy atom. The molecule has 0 unspecified atom stereocenters. The number of ether oxygens (including phenoxy) is 1. The second kappa shape index (κ2) is 9.61. The SMILES string of the molecule is CCc1ccccc1NC(=O)[C@@H]1Sc2nnc(-c3ccccc3)n2N[C@H]1c1ccc(OC)cc1. The van der Waals surface area contributed by atoms with Crippen molar-refractivity contribution in [3.63, 3.8) is 0 Å². The van der Waals surface area contributed by atoms with Crippen LogP contribution in [0.1, 0.15) is 24.1 Å². The van der Waals surface area contributed by atoms with E-state index in [0.717, 1.165) is 34.5 Å². The van der Waals surface area contributed by atoms with Crippen LogP contribution in [0.2, 0.25) is 0 Å². The van der Waals surface area contributed by atoms with Crippen molar-refractivity contribution in [1.82, 2.24) is 14.9 Å². The zero-order valence-electron chi connectivity index (χ0n) is 18.9. The van der Waals surface area contributed by atoms with E-state index in [1.165, 1.54) is 11.8 Å². The van der Waals surface area contributed by atoms with E-state index in [4.69, 9.17) is 4.74 Å². The Hall–Kier alpha value is -3.78. The van der Waals surface area contributed by atoms with Crippen LogP contribution in [-0.4, -0.2) is 33.1 Å². The number of anilines is 1. The maximum atomic E-state index is 13.6. The van der Waals surface area contributed by atoms with Crippen LogP contribution in [0.15, 0.2) is 84.0 Å². The molecule has 0 bridgehead atoms. The minimum atomic E-state index is -0.460. The highest BCUT2D eigenvalue weighted by Gasteiger charge is 2.38. The van der Waals surface area contributed by atoms with Gasteiger partial charge in [-0.05, 0) is 35.7 Å². The van der Waals surface area contributed by atoms with Crippen LogP contribution in [-0.2, 0) is 11.2 Å². The molecule has 3 aromatic carbocycles. The number of benzene rings is 3. The zero-order valence-corrected chi connectivity index (χ0v) is 19.8. The topological polar surface area (TPSA) is 81.1 Å². The first-order chi connectivity index (χ1) is 16.7. The number of nitrogens with one attached hydrogen (secondary N) is 2. The molecule has 2 N–H and O–H groups in total. The van der Waals surface area contributed by atoms with E-state index in [2.05, 4.69) is 27.9 Å². The molecule has 1 aromatic heterocycles. The Bertz CT molecular complexity index is 1290. The minimum absolute atomic E-state index is 0.0882. The number of amides is 1. The van der Waals surface area contributed by atoms with Crippen LogP contribution in [0, 0.1) is 0 Å². The molecule has 4 aromatic rings. The van der Waals surface area contributed by atoms with Crippen molar-refractivity contribution >= 4 is 23.4 Å². The number of thioether (sulfide) groups is 1. The van der Waals surface area contributed by atoms with Gasteiger partial charge in [-0.25, -0.2) is 4.68 Å². The van der Waals surface area contributed by atoms with E-state index in [0.29, 0.717) is 11.0 Å². The molecular formula is C26H25N5O2S. The number of nitrogens with zero attached hydrogens (tertiary/aromatic N) is 3. The molecule has 1 aliphatic heterocycles. The summed E-state index contributed by atoms with van der Waals surface area (Å²) < 4.78 is 7.20. The van der Waals surface area contributed by atoms with Crippen LogP contribution in [0.5, 0.6) is 5.75 Å². The molecule has 2 heterocycles. The molecule has 5 rings (SSSR count). The van der Waals surface area contributed by atoms with Crippen LogP contribution < -0.4 is 15.5 Å². The first-order valence-corrected chi connectivity index (χ1v) is 12.0. The lowest BCUT2D eigenvalue weighted by molar-refractivity contribution is -0.116. The Labute approximate surface area is 202 Å². The second-order valence-electron chi connectivity index (χ2n) is 7.93. The largest absolute Gasteiger partial charge is 0.497 e. The third kappa shape index (κ3) is 4.24. The molecular weight excluding hydrogens is 446 g/mol. The molecule has 2 atom stereocenters. The smallest absolute Gasteiger partial charge is 0.240 e. The van der Waals surface area contributed by atoms with Gasteiger partial charge >= 0.3 is 0 Å². The summed E-state index contributed by atoms with van der Waals surface area (Å²) in [5, 5.41) is 12.1. The van der Waals surface area contributed by atoms with Gasteiger partial charge in [0.1, 0.15) is 11.0 Å². The Morgan fingerprint density at radius 3 is 2.50 bits per heavy atom. The van der Waals surface area contributed by atoms with Crippen molar-refractivity contribution in [2.24, 2.45) is 0 Å². The summed E-state index contributed by atoms with van der Waals surface area (Å²) in [5.41, 5.74) is 7.36. The van der Waals surface area contributed by atoms with Crippen molar-refractivity contribution in [3.05, 3.63) is 90.0 Å². The Kier molecular flexibility index (Phi) is 6.22.